The van der Waals surface area contributed by atoms with E-state index >= 15 is 0 Å². The molecule has 23 heavy (non-hydrogen) atoms. The van der Waals surface area contributed by atoms with Crippen LogP contribution in [-0.4, -0.2) is 17.8 Å². The van der Waals surface area contributed by atoms with Gasteiger partial charge < -0.3 is 15.2 Å². The Morgan fingerprint density at radius 3 is 3.09 bits per heavy atom. The molecule has 2 heterocycles. The van der Waals surface area contributed by atoms with Gasteiger partial charge in [-0.1, -0.05) is 18.2 Å². The lowest BCUT2D eigenvalue weighted by atomic mass is 9.73. The van der Waals surface area contributed by atoms with Gasteiger partial charge in [-0.25, -0.2) is 0 Å². The fraction of sp³-hybridized carbons (Fsp3) is 0.421. The van der Waals surface area contributed by atoms with E-state index in [1.165, 1.54) is 0 Å². The number of para-hydroxylation sites is 1. The van der Waals surface area contributed by atoms with Gasteiger partial charge in [0.1, 0.15) is 11.8 Å². The van der Waals surface area contributed by atoms with Gasteiger partial charge in [-0.05, 0) is 37.5 Å². The second-order valence-corrected chi connectivity index (χ2v) is 6.54. The molecule has 0 amide bonds. The molecule has 1 aliphatic carbocycles. The number of fused-ring (bicyclic) bond motifs is 3. The predicted octanol–water partition coefficient (Wildman–Crippen LogP) is 3.84. The molecule has 3 aliphatic rings. The highest BCUT2D eigenvalue weighted by Crippen LogP contribution is 2.47. The van der Waals surface area contributed by atoms with Crippen molar-refractivity contribution in [1.82, 2.24) is 0 Å². The van der Waals surface area contributed by atoms with Crippen LogP contribution in [0.3, 0.4) is 0 Å². The van der Waals surface area contributed by atoms with E-state index in [1.807, 2.05) is 24.3 Å². The minimum Gasteiger partial charge on any atom is -0.508 e. The average Bonchev–Trinajstić information content (AvgIpc) is 2.60. The third-order valence-electron chi connectivity index (χ3n) is 5.21. The third-order valence-corrected chi connectivity index (χ3v) is 5.21. The normalized spacial score (nSPS) is 32.0. The Labute approximate surface area is 136 Å². The molecule has 2 N–H and O–H groups in total. The van der Waals surface area contributed by atoms with E-state index in [2.05, 4.69) is 17.5 Å². The van der Waals surface area contributed by atoms with Gasteiger partial charge in [0, 0.05) is 30.0 Å². The topological polar surface area (TPSA) is 65.3 Å². The van der Waals surface area contributed by atoms with Crippen LogP contribution in [-0.2, 0) is 4.74 Å². The Balaban J connectivity index is 1.76. The zero-order valence-corrected chi connectivity index (χ0v) is 12.9. The summed E-state index contributed by atoms with van der Waals surface area (Å²) in [5, 5.41) is 22.9. The number of benzene rings is 1. The number of nitrogens with one attached hydrogen (secondary N) is 1. The third kappa shape index (κ3) is 2.42. The van der Waals surface area contributed by atoms with Crippen LogP contribution >= 0.6 is 0 Å². The van der Waals surface area contributed by atoms with Crippen LogP contribution in [0.1, 0.15) is 36.5 Å². The molecule has 4 heteroatoms. The molecule has 0 radical (unpaired) electrons. The molecular weight excluding hydrogens is 288 g/mol. The second kappa shape index (κ2) is 5.75. The number of hydrogen-bond donors (Lipinski definition) is 2. The lowest BCUT2D eigenvalue weighted by Crippen LogP contribution is -2.45. The van der Waals surface area contributed by atoms with Crippen LogP contribution in [0.4, 0.5) is 5.69 Å². The smallest absolute Gasteiger partial charge is 0.111 e. The van der Waals surface area contributed by atoms with Crippen molar-refractivity contribution < 1.29 is 9.84 Å². The van der Waals surface area contributed by atoms with Gasteiger partial charge in [0.05, 0.1) is 17.4 Å². The van der Waals surface area contributed by atoms with Gasteiger partial charge in [0.2, 0.25) is 0 Å². The summed E-state index contributed by atoms with van der Waals surface area (Å²) in [5.41, 5.74) is 2.68. The van der Waals surface area contributed by atoms with Gasteiger partial charge in [0.25, 0.3) is 0 Å². The molecular formula is C19H20N2O2. The van der Waals surface area contributed by atoms with Crippen molar-refractivity contribution >= 4 is 5.69 Å². The van der Waals surface area contributed by atoms with Crippen LogP contribution < -0.4 is 5.32 Å². The molecule has 0 aromatic heterocycles. The zero-order chi connectivity index (χ0) is 15.8. The molecule has 1 unspecified atom stereocenters. The number of allylic oxidation sites excluding steroid dienone is 2. The van der Waals surface area contributed by atoms with E-state index in [1.54, 1.807) is 6.08 Å². The van der Waals surface area contributed by atoms with E-state index in [4.69, 9.17) is 4.74 Å². The van der Waals surface area contributed by atoms with Gasteiger partial charge in [-0.2, -0.15) is 5.26 Å². The van der Waals surface area contributed by atoms with Gasteiger partial charge in [-0.3, -0.25) is 0 Å². The number of nitrogens with zero attached hydrogens (tertiary/aromatic N) is 1. The van der Waals surface area contributed by atoms with E-state index in [-0.39, 0.29) is 18.1 Å². The molecule has 0 bridgehead atoms. The largest absolute Gasteiger partial charge is 0.508 e. The minimum absolute atomic E-state index is 0.0414. The van der Waals surface area contributed by atoms with Crippen LogP contribution in [0, 0.1) is 23.2 Å². The Bertz CT molecular complexity index is 717. The molecule has 1 aromatic rings. The second-order valence-electron chi connectivity index (χ2n) is 6.54. The predicted molar refractivity (Wildman–Crippen MR) is 87.9 cm³/mol. The number of nitriles is 1. The first-order valence-electron chi connectivity index (χ1n) is 8.26. The maximum absolute atomic E-state index is 9.87. The summed E-state index contributed by atoms with van der Waals surface area (Å²) in [5.74, 6) is 0.913. The molecule has 1 aromatic carbocycles. The highest BCUT2D eigenvalue weighted by Gasteiger charge is 2.42. The van der Waals surface area contributed by atoms with Crippen molar-refractivity contribution in [2.75, 3.05) is 11.9 Å². The van der Waals surface area contributed by atoms with Crippen LogP contribution in [0.15, 0.2) is 42.2 Å². The average molecular weight is 308 g/mol. The van der Waals surface area contributed by atoms with E-state index in [0.717, 1.165) is 37.1 Å². The number of hydrogen-bond acceptors (Lipinski definition) is 4. The summed E-state index contributed by atoms with van der Waals surface area (Å²) in [7, 11) is 0. The van der Waals surface area contributed by atoms with Crippen molar-refractivity contribution in [3.05, 3.63) is 53.3 Å². The quantitative estimate of drug-likeness (QED) is 0.827. The first kappa shape index (κ1) is 14.3. The Morgan fingerprint density at radius 1 is 1.35 bits per heavy atom. The molecule has 0 spiro atoms. The molecule has 4 nitrogen and oxygen atoms in total. The molecule has 4 atom stereocenters. The summed E-state index contributed by atoms with van der Waals surface area (Å²) in [6.07, 6.45) is 8.81. The number of aliphatic hydroxyl groups is 1. The van der Waals surface area contributed by atoms with Crippen LogP contribution in [0.25, 0.3) is 0 Å². The number of rotatable bonds is 1. The number of ether oxygens (including phenoxy) is 1. The van der Waals surface area contributed by atoms with Crippen molar-refractivity contribution in [2.45, 2.75) is 31.4 Å². The standard InChI is InChI=1S/C19H20N2O2/c20-11-13-5-2-7-15-18(13)21-17(12-4-1-6-14(22)10-12)16-8-3-9-23-19(15)16/h1-2,5-7,10,12,16-17,19,21-22H,3-4,8-9H2/t12?,16-,17-,19+/m0/s1. The van der Waals surface area contributed by atoms with E-state index < -0.39 is 0 Å². The van der Waals surface area contributed by atoms with Gasteiger partial charge in [0.15, 0.2) is 0 Å². The molecule has 0 saturated carbocycles. The van der Waals surface area contributed by atoms with E-state index in [0.29, 0.717) is 17.2 Å². The van der Waals surface area contributed by atoms with Gasteiger partial charge in [-0.15, -0.1) is 0 Å². The Morgan fingerprint density at radius 2 is 2.26 bits per heavy atom. The maximum Gasteiger partial charge on any atom is 0.111 e. The highest BCUT2D eigenvalue weighted by atomic mass is 16.5. The molecule has 1 saturated heterocycles. The van der Waals surface area contributed by atoms with Crippen LogP contribution in [0.2, 0.25) is 0 Å². The first-order valence-corrected chi connectivity index (χ1v) is 8.26. The summed E-state index contributed by atoms with van der Waals surface area (Å²) < 4.78 is 6.11. The lowest BCUT2D eigenvalue weighted by molar-refractivity contribution is -0.0419. The van der Waals surface area contributed by atoms with Crippen LogP contribution in [0.5, 0.6) is 0 Å². The van der Waals surface area contributed by atoms with Gasteiger partial charge >= 0.3 is 0 Å². The molecule has 118 valence electrons. The zero-order valence-electron chi connectivity index (χ0n) is 12.9. The fourth-order valence-electron chi connectivity index (χ4n) is 4.19. The lowest BCUT2D eigenvalue weighted by Gasteiger charge is -2.46. The summed E-state index contributed by atoms with van der Waals surface area (Å²) in [6, 6.07) is 8.31. The van der Waals surface area contributed by atoms with Crippen molar-refractivity contribution in [2.24, 2.45) is 11.8 Å². The van der Waals surface area contributed by atoms with Crippen molar-refractivity contribution in [3.8, 4) is 6.07 Å². The fourth-order valence-corrected chi connectivity index (χ4v) is 4.19. The molecule has 1 fully saturated rings. The minimum atomic E-state index is 0.0414. The number of anilines is 1. The monoisotopic (exact) mass is 308 g/mol. The summed E-state index contributed by atoms with van der Waals surface area (Å²) >= 11 is 0. The Hall–Kier alpha value is -2.25. The molecule has 2 aliphatic heterocycles. The van der Waals surface area contributed by atoms with Crippen molar-refractivity contribution in [1.29, 1.82) is 5.26 Å². The van der Waals surface area contributed by atoms with Crippen molar-refractivity contribution in [3.63, 3.8) is 0 Å². The van der Waals surface area contributed by atoms with E-state index in [9.17, 15) is 10.4 Å². The number of aliphatic hydroxyl groups excluding tert-OH is 1. The summed E-state index contributed by atoms with van der Waals surface area (Å²) in [6.45, 7) is 0.774. The maximum atomic E-state index is 9.87. The highest BCUT2D eigenvalue weighted by molar-refractivity contribution is 5.66. The summed E-state index contributed by atoms with van der Waals surface area (Å²) in [4.78, 5) is 0. The first-order chi connectivity index (χ1) is 11.3. The molecule has 4 rings (SSSR count). The SMILES string of the molecule is N#Cc1cccc2c1N[C@@H](C1C=C(O)C=CC1)[C@@H]1CCCO[C@H]21. The Kier molecular flexibility index (Phi) is 3.59.